The number of carbonyl (C=O) groups is 1. The normalized spacial score (nSPS) is 11.1. The van der Waals surface area contributed by atoms with E-state index in [-0.39, 0.29) is 5.97 Å². The van der Waals surface area contributed by atoms with Gasteiger partial charge in [-0.3, -0.25) is 0 Å². The van der Waals surface area contributed by atoms with Crippen molar-refractivity contribution in [2.75, 3.05) is 7.11 Å². The van der Waals surface area contributed by atoms with Crippen LogP contribution in [-0.4, -0.2) is 22.6 Å². The Morgan fingerprint density at radius 1 is 1.47 bits per heavy atom. The largest absolute Gasteiger partial charge is 0.465 e. The molecule has 2 aromatic rings. The molecule has 0 amide bonds. The minimum Gasteiger partial charge on any atom is -0.465 e. The van der Waals surface area contributed by atoms with Crippen molar-refractivity contribution in [2.24, 2.45) is 0 Å². The maximum Gasteiger partial charge on any atom is 0.337 e. The number of esters is 1. The summed E-state index contributed by atoms with van der Waals surface area (Å²) in [4.78, 5) is 15.8. The van der Waals surface area contributed by atoms with Gasteiger partial charge in [0.1, 0.15) is 0 Å². The van der Waals surface area contributed by atoms with Crippen molar-refractivity contribution in [2.45, 2.75) is 19.9 Å². The lowest BCUT2D eigenvalue weighted by molar-refractivity contribution is 0.0601. The standard InChI is InChI=1S/C12H13BrN2O2/c1-7(2)15-6-14-10-5-8(12(16)17-3)4-9(13)11(10)15/h4-7H,1-3H3. The van der Waals surface area contributed by atoms with Crippen molar-refractivity contribution in [1.82, 2.24) is 9.55 Å². The predicted octanol–water partition coefficient (Wildman–Crippen LogP) is 3.17. The third-order valence-corrected chi connectivity index (χ3v) is 3.20. The van der Waals surface area contributed by atoms with Crippen molar-refractivity contribution in [3.63, 3.8) is 0 Å². The summed E-state index contributed by atoms with van der Waals surface area (Å²) < 4.78 is 7.60. The fourth-order valence-electron chi connectivity index (χ4n) is 1.75. The molecule has 1 heterocycles. The minimum absolute atomic E-state index is 0.320. The zero-order valence-electron chi connectivity index (χ0n) is 9.90. The van der Waals surface area contributed by atoms with Crippen molar-refractivity contribution in [1.29, 1.82) is 0 Å². The molecule has 0 spiro atoms. The second-order valence-corrected chi connectivity index (χ2v) is 4.92. The lowest BCUT2D eigenvalue weighted by Crippen LogP contribution is -2.02. The number of imidazole rings is 1. The van der Waals surface area contributed by atoms with Crippen molar-refractivity contribution in [3.05, 3.63) is 28.5 Å². The fourth-order valence-corrected chi connectivity index (χ4v) is 2.40. The molecule has 0 unspecified atom stereocenters. The number of benzene rings is 1. The van der Waals surface area contributed by atoms with Crippen molar-refractivity contribution >= 4 is 32.9 Å². The van der Waals surface area contributed by atoms with Crippen LogP contribution in [0.1, 0.15) is 30.2 Å². The Balaban J connectivity index is 2.65. The molecule has 2 rings (SSSR count). The number of hydrogen-bond donors (Lipinski definition) is 0. The Hall–Kier alpha value is -1.36. The molecule has 0 saturated heterocycles. The summed E-state index contributed by atoms with van der Waals surface area (Å²) in [5.74, 6) is -0.355. The topological polar surface area (TPSA) is 44.1 Å². The third-order valence-electron chi connectivity index (χ3n) is 2.60. The first-order valence-electron chi connectivity index (χ1n) is 5.29. The predicted molar refractivity (Wildman–Crippen MR) is 69.2 cm³/mol. The molecular formula is C12H13BrN2O2. The van der Waals surface area contributed by atoms with E-state index < -0.39 is 0 Å². The van der Waals surface area contributed by atoms with Gasteiger partial charge in [0.25, 0.3) is 0 Å². The smallest absolute Gasteiger partial charge is 0.337 e. The Bertz CT molecular complexity index is 575. The van der Waals surface area contributed by atoms with Gasteiger partial charge < -0.3 is 9.30 Å². The molecule has 90 valence electrons. The van der Waals surface area contributed by atoms with Gasteiger partial charge >= 0.3 is 5.97 Å². The Morgan fingerprint density at radius 2 is 2.18 bits per heavy atom. The van der Waals surface area contributed by atoms with Gasteiger partial charge in [-0.2, -0.15) is 0 Å². The number of methoxy groups -OCH3 is 1. The SMILES string of the molecule is COC(=O)c1cc(Br)c2c(c1)ncn2C(C)C. The highest BCUT2D eigenvalue weighted by Gasteiger charge is 2.14. The molecular weight excluding hydrogens is 284 g/mol. The second kappa shape index (κ2) is 4.49. The van der Waals surface area contributed by atoms with Crippen LogP contribution in [0.15, 0.2) is 22.9 Å². The lowest BCUT2D eigenvalue weighted by atomic mass is 10.2. The molecule has 0 atom stereocenters. The zero-order chi connectivity index (χ0) is 12.6. The number of aromatic nitrogens is 2. The number of rotatable bonds is 2. The molecule has 0 N–H and O–H groups in total. The third kappa shape index (κ3) is 2.07. The van der Waals surface area contributed by atoms with Crippen LogP contribution in [0.5, 0.6) is 0 Å². The molecule has 4 nitrogen and oxygen atoms in total. The van der Waals surface area contributed by atoms with E-state index in [1.165, 1.54) is 7.11 Å². The highest BCUT2D eigenvalue weighted by atomic mass is 79.9. The van der Waals surface area contributed by atoms with Crippen LogP contribution < -0.4 is 0 Å². The van der Waals surface area contributed by atoms with E-state index in [0.29, 0.717) is 11.6 Å². The Labute approximate surface area is 108 Å². The van der Waals surface area contributed by atoms with Gasteiger partial charge in [0, 0.05) is 10.5 Å². The summed E-state index contributed by atoms with van der Waals surface area (Å²) in [5.41, 5.74) is 2.28. The van der Waals surface area contributed by atoms with Crippen LogP contribution in [0.25, 0.3) is 11.0 Å². The van der Waals surface area contributed by atoms with Crippen molar-refractivity contribution in [3.8, 4) is 0 Å². The van der Waals surface area contributed by atoms with Crippen LogP contribution in [0, 0.1) is 0 Å². The number of ether oxygens (including phenoxy) is 1. The van der Waals surface area contributed by atoms with Gasteiger partial charge in [0.05, 0.1) is 30.0 Å². The first kappa shape index (κ1) is 12.1. The van der Waals surface area contributed by atoms with Crippen LogP contribution in [0.4, 0.5) is 0 Å². The van der Waals surface area contributed by atoms with E-state index >= 15 is 0 Å². The molecule has 5 heteroatoms. The van der Waals surface area contributed by atoms with E-state index in [2.05, 4.69) is 39.3 Å². The molecule has 0 aliphatic rings. The molecule has 0 aliphatic heterocycles. The number of nitrogens with zero attached hydrogens (tertiary/aromatic N) is 2. The summed E-state index contributed by atoms with van der Waals surface area (Å²) in [6, 6.07) is 3.82. The van der Waals surface area contributed by atoms with Crippen molar-refractivity contribution < 1.29 is 9.53 Å². The van der Waals surface area contributed by atoms with Gasteiger partial charge in [0.15, 0.2) is 0 Å². The number of carbonyl (C=O) groups excluding carboxylic acids is 1. The highest BCUT2D eigenvalue weighted by molar-refractivity contribution is 9.10. The van der Waals surface area contributed by atoms with Gasteiger partial charge in [-0.1, -0.05) is 0 Å². The maximum atomic E-state index is 11.5. The summed E-state index contributed by atoms with van der Waals surface area (Å²) in [6.45, 7) is 4.17. The number of fused-ring (bicyclic) bond motifs is 1. The minimum atomic E-state index is -0.355. The quantitative estimate of drug-likeness (QED) is 0.800. The summed E-state index contributed by atoms with van der Waals surface area (Å²) in [6.07, 6.45) is 1.78. The molecule has 0 bridgehead atoms. The maximum absolute atomic E-state index is 11.5. The van der Waals surface area contributed by atoms with Crippen LogP contribution in [0.2, 0.25) is 0 Å². The monoisotopic (exact) mass is 296 g/mol. The molecule has 1 aromatic heterocycles. The molecule has 0 fully saturated rings. The Kier molecular flexibility index (Phi) is 3.19. The number of halogens is 1. The van der Waals surface area contributed by atoms with Gasteiger partial charge in [-0.15, -0.1) is 0 Å². The van der Waals surface area contributed by atoms with Crippen LogP contribution >= 0.6 is 15.9 Å². The van der Waals surface area contributed by atoms with E-state index in [9.17, 15) is 4.79 Å². The number of hydrogen-bond acceptors (Lipinski definition) is 3. The van der Waals surface area contributed by atoms with Crippen LogP contribution in [0.3, 0.4) is 0 Å². The second-order valence-electron chi connectivity index (χ2n) is 4.06. The van der Waals surface area contributed by atoms with E-state index in [1.807, 2.05) is 0 Å². The fraction of sp³-hybridized carbons (Fsp3) is 0.333. The summed E-state index contributed by atoms with van der Waals surface area (Å²) in [5, 5.41) is 0. The molecule has 0 radical (unpaired) electrons. The average Bonchev–Trinajstić information content (AvgIpc) is 2.72. The van der Waals surface area contributed by atoms with E-state index in [1.54, 1.807) is 18.5 Å². The summed E-state index contributed by atoms with van der Waals surface area (Å²) in [7, 11) is 1.37. The first-order chi connectivity index (χ1) is 8.04. The van der Waals surface area contributed by atoms with E-state index in [4.69, 9.17) is 4.74 Å². The first-order valence-corrected chi connectivity index (χ1v) is 6.08. The molecule has 17 heavy (non-hydrogen) atoms. The zero-order valence-corrected chi connectivity index (χ0v) is 11.5. The molecule has 1 aromatic carbocycles. The molecule has 0 aliphatic carbocycles. The van der Waals surface area contributed by atoms with E-state index in [0.717, 1.165) is 15.5 Å². The van der Waals surface area contributed by atoms with Gasteiger partial charge in [0.2, 0.25) is 0 Å². The highest BCUT2D eigenvalue weighted by Crippen LogP contribution is 2.27. The van der Waals surface area contributed by atoms with Gasteiger partial charge in [-0.25, -0.2) is 9.78 Å². The lowest BCUT2D eigenvalue weighted by Gasteiger charge is -2.09. The average molecular weight is 297 g/mol. The van der Waals surface area contributed by atoms with Crippen LogP contribution in [-0.2, 0) is 4.74 Å². The Morgan fingerprint density at radius 3 is 2.76 bits per heavy atom. The summed E-state index contributed by atoms with van der Waals surface area (Å²) >= 11 is 3.47. The van der Waals surface area contributed by atoms with Gasteiger partial charge in [-0.05, 0) is 41.9 Å². The molecule has 0 saturated carbocycles.